The third-order valence-corrected chi connectivity index (χ3v) is 4.81. The lowest BCUT2D eigenvalue weighted by Gasteiger charge is -2.11. The Labute approximate surface area is 138 Å². The Kier molecular flexibility index (Phi) is 5.71. The number of rotatable bonds is 5. The summed E-state index contributed by atoms with van der Waals surface area (Å²) in [4.78, 5) is 1.10. The van der Waals surface area contributed by atoms with Gasteiger partial charge in [-0.1, -0.05) is 11.6 Å². The van der Waals surface area contributed by atoms with Gasteiger partial charge in [0.1, 0.15) is 12.4 Å². The van der Waals surface area contributed by atoms with E-state index in [0.29, 0.717) is 6.61 Å². The molecule has 19 heavy (non-hydrogen) atoms. The van der Waals surface area contributed by atoms with E-state index in [1.54, 1.807) is 0 Å². The summed E-state index contributed by atoms with van der Waals surface area (Å²) >= 11 is 14.5. The minimum Gasteiger partial charge on any atom is -0.486 e. The van der Waals surface area contributed by atoms with Gasteiger partial charge in [0.15, 0.2) is 0 Å². The molecule has 2 nitrogen and oxygen atoms in total. The quantitative estimate of drug-likeness (QED) is 0.709. The van der Waals surface area contributed by atoms with Crippen LogP contribution in [0.3, 0.4) is 0 Å². The molecule has 0 unspecified atom stereocenters. The fourth-order valence-corrected chi connectivity index (χ4v) is 4.14. The maximum absolute atomic E-state index is 5.90. The molecule has 0 saturated carbocycles. The summed E-state index contributed by atoms with van der Waals surface area (Å²) in [7, 11) is 1.92. The average Bonchev–Trinajstić information content (AvgIpc) is 2.74. The first-order valence-electron chi connectivity index (χ1n) is 5.59. The lowest BCUT2D eigenvalue weighted by Crippen LogP contribution is -2.05. The lowest BCUT2D eigenvalue weighted by atomic mass is 10.2. The maximum Gasteiger partial charge on any atom is 0.148 e. The molecule has 0 spiro atoms. The molecule has 0 fully saturated rings. The molecular weight excluding hydrogens is 413 g/mol. The van der Waals surface area contributed by atoms with E-state index in [0.717, 1.165) is 30.5 Å². The summed E-state index contributed by atoms with van der Waals surface area (Å²) in [5, 5.41) is 3.12. The van der Waals surface area contributed by atoms with E-state index in [4.69, 9.17) is 16.3 Å². The van der Waals surface area contributed by atoms with Gasteiger partial charge in [-0.05, 0) is 68.7 Å². The van der Waals surface area contributed by atoms with E-state index >= 15 is 0 Å². The molecule has 0 aliphatic carbocycles. The Morgan fingerprint density at radius 3 is 2.47 bits per heavy atom. The van der Waals surface area contributed by atoms with Crippen LogP contribution < -0.4 is 10.1 Å². The molecule has 0 radical (unpaired) electrons. The van der Waals surface area contributed by atoms with Crippen molar-refractivity contribution in [2.75, 3.05) is 7.05 Å². The molecule has 0 aliphatic heterocycles. The van der Waals surface area contributed by atoms with Gasteiger partial charge in [-0.15, -0.1) is 11.3 Å². The number of thiophene rings is 1. The van der Waals surface area contributed by atoms with Crippen molar-refractivity contribution < 1.29 is 4.74 Å². The second kappa shape index (κ2) is 7.09. The first kappa shape index (κ1) is 15.3. The topological polar surface area (TPSA) is 21.3 Å². The Hall–Kier alpha value is -0.0700. The summed E-state index contributed by atoms with van der Waals surface area (Å²) in [5.41, 5.74) is 1.19. The van der Waals surface area contributed by atoms with Crippen molar-refractivity contribution in [2.45, 2.75) is 13.2 Å². The van der Waals surface area contributed by atoms with Gasteiger partial charge in [-0.25, -0.2) is 0 Å². The molecule has 0 aliphatic rings. The highest BCUT2D eigenvalue weighted by molar-refractivity contribution is 9.11. The van der Waals surface area contributed by atoms with Crippen LogP contribution in [0.15, 0.2) is 33.2 Å². The summed E-state index contributed by atoms with van der Waals surface area (Å²) in [5.74, 6) is 0.810. The fourth-order valence-electron chi connectivity index (χ4n) is 1.63. The van der Waals surface area contributed by atoms with Gasteiger partial charge in [-0.3, -0.25) is 0 Å². The molecule has 102 valence electrons. The zero-order chi connectivity index (χ0) is 13.8. The van der Waals surface area contributed by atoms with Crippen LogP contribution in [0.25, 0.3) is 0 Å². The van der Waals surface area contributed by atoms with Crippen LogP contribution in [0, 0.1) is 0 Å². The SMILES string of the molecule is CNCc1cc(Br)c(OCc2ccc(Cl)s2)c(Br)c1. The molecule has 0 bridgehead atoms. The molecule has 0 saturated heterocycles. The van der Waals surface area contributed by atoms with Crippen LogP contribution in [-0.2, 0) is 13.2 Å². The average molecular weight is 426 g/mol. The van der Waals surface area contributed by atoms with E-state index in [2.05, 4.69) is 49.3 Å². The molecule has 2 aromatic rings. The first-order chi connectivity index (χ1) is 9.10. The molecular formula is C13H12Br2ClNOS. The number of nitrogens with one attached hydrogen (secondary N) is 1. The van der Waals surface area contributed by atoms with Gasteiger partial charge in [-0.2, -0.15) is 0 Å². The summed E-state index contributed by atoms with van der Waals surface area (Å²) in [6.07, 6.45) is 0. The Morgan fingerprint density at radius 1 is 1.26 bits per heavy atom. The van der Waals surface area contributed by atoms with E-state index in [9.17, 15) is 0 Å². The van der Waals surface area contributed by atoms with Crippen molar-refractivity contribution in [1.29, 1.82) is 0 Å². The summed E-state index contributed by atoms with van der Waals surface area (Å²) < 4.78 is 8.50. The molecule has 0 atom stereocenters. The van der Waals surface area contributed by atoms with Gasteiger partial charge in [0, 0.05) is 11.4 Å². The van der Waals surface area contributed by atoms with Crippen molar-refractivity contribution >= 4 is 54.8 Å². The van der Waals surface area contributed by atoms with Crippen molar-refractivity contribution in [1.82, 2.24) is 5.32 Å². The number of hydrogen-bond acceptors (Lipinski definition) is 3. The molecule has 1 aromatic carbocycles. The highest BCUT2D eigenvalue weighted by Gasteiger charge is 2.09. The van der Waals surface area contributed by atoms with Gasteiger partial charge in [0.25, 0.3) is 0 Å². The van der Waals surface area contributed by atoms with Crippen molar-refractivity contribution in [2.24, 2.45) is 0 Å². The standard InChI is InChI=1S/C13H12Br2ClNOS/c1-17-6-8-4-10(14)13(11(15)5-8)18-7-9-2-3-12(16)19-9/h2-5,17H,6-7H2,1H3. The van der Waals surface area contributed by atoms with Gasteiger partial charge in [0.2, 0.25) is 0 Å². The number of halogens is 3. The van der Waals surface area contributed by atoms with Crippen molar-refractivity contribution in [3.63, 3.8) is 0 Å². The first-order valence-corrected chi connectivity index (χ1v) is 8.37. The van der Waals surface area contributed by atoms with Crippen LogP contribution in [0.1, 0.15) is 10.4 Å². The highest BCUT2D eigenvalue weighted by Crippen LogP contribution is 2.35. The fraction of sp³-hybridized carbons (Fsp3) is 0.231. The van der Waals surface area contributed by atoms with E-state index in [1.807, 2.05) is 19.2 Å². The minimum atomic E-state index is 0.514. The molecule has 1 aromatic heterocycles. The van der Waals surface area contributed by atoms with Crippen LogP contribution in [0.5, 0.6) is 5.75 Å². The van der Waals surface area contributed by atoms with E-state index < -0.39 is 0 Å². The molecule has 0 amide bonds. The number of hydrogen-bond donors (Lipinski definition) is 1. The van der Waals surface area contributed by atoms with Crippen LogP contribution in [-0.4, -0.2) is 7.05 Å². The minimum absolute atomic E-state index is 0.514. The molecule has 1 N–H and O–H groups in total. The lowest BCUT2D eigenvalue weighted by molar-refractivity contribution is 0.305. The largest absolute Gasteiger partial charge is 0.486 e. The maximum atomic E-state index is 5.90. The summed E-state index contributed by atoms with van der Waals surface area (Å²) in [6, 6.07) is 7.96. The normalized spacial score (nSPS) is 10.7. The smallest absolute Gasteiger partial charge is 0.148 e. The molecule has 2 rings (SSSR count). The molecule has 1 heterocycles. The third kappa shape index (κ3) is 4.20. The van der Waals surface area contributed by atoms with Crippen molar-refractivity contribution in [3.05, 3.63) is 48.0 Å². The Morgan fingerprint density at radius 2 is 1.95 bits per heavy atom. The van der Waals surface area contributed by atoms with Gasteiger partial charge >= 0.3 is 0 Å². The number of ether oxygens (including phenoxy) is 1. The van der Waals surface area contributed by atoms with Crippen LogP contribution in [0.2, 0.25) is 4.34 Å². The third-order valence-electron chi connectivity index (χ3n) is 2.43. The second-order valence-corrected chi connectivity index (χ2v) is 7.42. The highest BCUT2D eigenvalue weighted by atomic mass is 79.9. The van der Waals surface area contributed by atoms with Crippen molar-refractivity contribution in [3.8, 4) is 5.75 Å². The van der Waals surface area contributed by atoms with Crippen LogP contribution >= 0.6 is 54.8 Å². The zero-order valence-corrected chi connectivity index (χ0v) is 14.9. The number of benzene rings is 1. The Bertz CT molecular complexity index is 551. The second-order valence-electron chi connectivity index (χ2n) is 3.91. The Balaban J connectivity index is 2.11. The zero-order valence-electron chi connectivity index (χ0n) is 10.2. The predicted octanol–water partition coefficient (Wildman–Crippen LogP) is 5.22. The molecule has 6 heteroatoms. The van der Waals surface area contributed by atoms with E-state index in [1.165, 1.54) is 16.9 Å². The van der Waals surface area contributed by atoms with Gasteiger partial charge in [0.05, 0.1) is 13.3 Å². The van der Waals surface area contributed by atoms with Gasteiger partial charge < -0.3 is 10.1 Å². The monoisotopic (exact) mass is 423 g/mol. The summed E-state index contributed by atoms with van der Waals surface area (Å²) in [6.45, 7) is 1.33. The predicted molar refractivity (Wildman–Crippen MR) is 88.3 cm³/mol. The van der Waals surface area contributed by atoms with E-state index in [-0.39, 0.29) is 0 Å². The van der Waals surface area contributed by atoms with Crippen LogP contribution in [0.4, 0.5) is 0 Å².